The second kappa shape index (κ2) is 7.77. The lowest BCUT2D eigenvalue weighted by Gasteiger charge is -2.33. The molecule has 1 aromatic carbocycles. The molecule has 1 aliphatic carbocycles. The van der Waals surface area contributed by atoms with Crippen molar-refractivity contribution in [3.63, 3.8) is 0 Å². The van der Waals surface area contributed by atoms with Gasteiger partial charge in [0.25, 0.3) is 0 Å². The third-order valence-corrected chi connectivity index (χ3v) is 6.20. The van der Waals surface area contributed by atoms with Crippen LogP contribution in [-0.4, -0.2) is 12.8 Å². The number of nitrogens with zero attached hydrogens (tertiary/aromatic N) is 2. The summed E-state index contributed by atoms with van der Waals surface area (Å²) >= 11 is 1.54. The molecule has 1 aliphatic rings. The van der Waals surface area contributed by atoms with Crippen LogP contribution in [0, 0.1) is 22.7 Å². The van der Waals surface area contributed by atoms with Crippen LogP contribution in [0.1, 0.15) is 48.8 Å². The van der Waals surface area contributed by atoms with Gasteiger partial charge in [-0.3, -0.25) is 0 Å². The highest BCUT2D eigenvalue weighted by atomic mass is 32.1. The fraction of sp³-hybridized carbons (Fsp3) is 0.429. The summed E-state index contributed by atoms with van der Waals surface area (Å²) in [6.07, 6.45) is 4.41. The van der Waals surface area contributed by atoms with E-state index in [2.05, 4.69) is 36.6 Å². The number of hydrogen-bond donors (Lipinski definition) is 0. The molecular formula is C21H22F2N2OS. The zero-order chi connectivity index (χ0) is 19.6. The molecule has 0 amide bonds. The van der Waals surface area contributed by atoms with Crippen LogP contribution >= 0.6 is 11.3 Å². The van der Waals surface area contributed by atoms with Crippen LogP contribution in [0.5, 0.6) is 5.75 Å². The van der Waals surface area contributed by atoms with Gasteiger partial charge in [0.2, 0.25) is 0 Å². The Balaban J connectivity index is 1.90. The minimum absolute atomic E-state index is 0.0730. The van der Waals surface area contributed by atoms with Crippen molar-refractivity contribution >= 4 is 22.6 Å². The summed E-state index contributed by atoms with van der Waals surface area (Å²) in [5, 5.41) is 10.3. The Labute approximate surface area is 162 Å². The molecule has 0 saturated heterocycles. The molecule has 2 aromatic rings. The van der Waals surface area contributed by atoms with Crippen molar-refractivity contribution in [3.05, 3.63) is 45.8 Å². The normalized spacial score (nSPS) is 17.1. The molecule has 0 spiro atoms. The highest BCUT2D eigenvalue weighted by Crippen LogP contribution is 2.44. The number of rotatable bonds is 4. The molecule has 0 aliphatic heterocycles. The number of fused-ring (bicyclic) bond motifs is 1. The summed E-state index contributed by atoms with van der Waals surface area (Å²) in [7, 11) is 0. The first-order valence-corrected chi connectivity index (χ1v) is 9.73. The largest absolute Gasteiger partial charge is 0.434 e. The van der Waals surface area contributed by atoms with E-state index in [4.69, 9.17) is 0 Å². The molecule has 0 saturated carbocycles. The van der Waals surface area contributed by atoms with E-state index in [1.54, 1.807) is 18.2 Å². The van der Waals surface area contributed by atoms with E-state index in [9.17, 15) is 14.0 Å². The van der Waals surface area contributed by atoms with Gasteiger partial charge in [0, 0.05) is 16.7 Å². The van der Waals surface area contributed by atoms with Gasteiger partial charge in [-0.25, -0.2) is 4.99 Å². The molecule has 1 heterocycles. The van der Waals surface area contributed by atoms with Gasteiger partial charge >= 0.3 is 6.61 Å². The maximum absolute atomic E-state index is 12.6. The molecule has 1 aromatic heterocycles. The summed E-state index contributed by atoms with van der Waals surface area (Å²) in [6, 6.07) is 8.79. The highest BCUT2D eigenvalue weighted by molar-refractivity contribution is 7.16. The summed E-state index contributed by atoms with van der Waals surface area (Å²) in [5.41, 5.74) is 2.41. The van der Waals surface area contributed by atoms with Crippen molar-refractivity contribution in [1.29, 1.82) is 5.26 Å². The average molecular weight is 388 g/mol. The number of thiophene rings is 1. The van der Waals surface area contributed by atoms with Gasteiger partial charge in [-0.2, -0.15) is 14.0 Å². The molecule has 0 bridgehead atoms. The SMILES string of the molecule is CC(C)(C)[C@H]1CCc2c(sc(N=Cc3ccccc3OC(F)F)c2C#N)C1. The van der Waals surface area contributed by atoms with Crippen LogP contribution in [0.15, 0.2) is 29.3 Å². The monoisotopic (exact) mass is 388 g/mol. The predicted octanol–water partition coefficient (Wildman–Crippen LogP) is 6.12. The smallest absolute Gasteiger partial charge is 0.387 e. The molecule has 0 N–H and O–H groups in total. The standard InChI is InChI=1S/C21H22F2N2OS/c1-21(2,3)14-8-9-15-16(11-24)19(27-18(15)10-14)25-12-13-6-4-5-7-17(13)26-20(22)23/h4-7,12,14,20H,8-10H2,1-3H3/t14-/m0/s1. The van der Waals surface area contributed by atoms with Crippen LogP contribution in [0.4, 0.5) is 13.8 Å². The van der Waals surface area contributed by atoms with Crippen molar-refractivity contribution in [3.8, 4) is 11.8 Å². The highest BCUT2D eigenvalue weighted by Gasteiger charge is 2.32. The Bertz CT molecular complexity index is 891. The van der Waals surface area contributed by atoms with Gasteiger partial charge in [-0.1, -0.05) is 32.9 Å². The maximum atomic E-state index is 12.6. The Morgan fingerprint density at radius 1 is 1.33 bits per heavy atom. The van der Waals surface area contributed by atoms with Crippen molar-refractivity contribution < 1.29 is 13.5 Å². The maximum Gasteiger partial charge on any atom is 0.387 e. The van der Waals surface area contributed by atoms with Crippen LogP contribution in [0.2, 0.25) is 0 Å². The van der Waals surface area contributed by atoms with E-state index in [1.165, 1.54) is 28.5 Å². The van der Waals surface area contributed by atoms with E-state index in [0.717, 1.165) is 24.8 Å². The lowest BCUT2D eigenvalue weighted by atomic mass is 9.72. The molecule has 1 atom stereocenters. The zero-order valence-electron chi connectivity index (χ0n) is 15.6. The van der Waals surface area contributed by atoms with Gasteiger partial charge in [-0.15, -0.1) is 11.3 Å². The Morgan fingerprint density at radius 3 is 2.74 bits per heavy atom. The molecule has 3 rings (SSSR count). The quantitative estimate of drug-likeness (QED) is 0.592. The van der Waals surface area contributed by atoms with E-state index >= 15 is 0 Å². The molecule has 0 unspecified atom stereocenters. The van der Waals surface area contributed by atoms with Gasteiger partial charge in [-0.05, 0) is 48.3 Å². The molecule has 27 heavy (non-hydrogen) atoms. The number of hydrogen-bond acceptors (Lipinski definition) is 4. The first-order chi connectivity index (χ1) is 12.8. The first-order valence-electron chi connectivity index (χ1n) is 8.92. The summed E-state index contributed by atoms with van der Waals surface area (Å²) in [6.45, 7) is 3.86. The lowest BCUT2D eigenvalue weighted by molar-refractivity contribution is -0.0499. The minimum Gasteiger partial charge on any atom is -0.434 e. The van der Waals surface area contributed by atoms with E-state index in [1.807, 2.05) is 0 Å². The number of nitriles is 1. The molecule has 142 valence electrons. The van der Waals surface area contributed by atoms with Crippen LogP contribution in [0.3, 0.4) is 0 Å². The first kappa shape index (κ1) is 19.5. The summed E-state index contributed by atoms with van der Waals surface area (Å²) < 4.78 is 29.7. The molecule has 0 fully saturated rings. The molecule has 6 heteroatoms. The van der Waals surface area contributed by atoms with Crippen molar-refractivity contribution in [1.82, 2.24) is 0 Å². The molecule has 0 radical (unpaired) electrons. The number of ether oxygens (including phenoxy) is 1. The Hall–Kier alpha value is -2.26. The number of para-hydroxylation sites is 1. The van der Waals surface area contributed by atoms with Gasteiger partial charge in [0.15, 0.2) is 0 Å². The summed E-state index contributed by atoms with van der Waals surface area (Å²) in [4.78, 5) is 5.68. The van der Waals surface area contributed by atoms with Crippen LogP contribution < -0.4 is 4.74 Å². The van der Waals surface area contributed by atoms with Gasteiger partial charge in [0.05, 0.1) is 5.56 Å². The predicted molar refractivity (Wildman–Crippen MR) is 104 cm³/mol. The Morgan fingerprint density at radius 2 is 2.07 bits per heavy atom. The van der Waals surface area contributed by atoms with Crippen molar-refractivity contribution in [2.75, 3.05) is 0 Å². The number of halogens is 2. The van der Waals surface area contributed by atoms with E-state index in [-0.39, 0.29) is 11.2 Å². The average Bonchev–Trinajstić information content (AvgIpc) is 2.96. The van der Waals surface area contributed by atoms with Crippen LogP contribution in [0.25, 0.3) is 0 Å². The number of alkyl halides is 2. The number of benzene rings is 1. The van der Waals surface area contributed by atoms with Crippen LogP contribution in [-0.2, 0) is 12.8 Å². The summed E-state index contributed by atoms with van der Waals surface area (Å²) in [5.74, 6) is 0.649. The van der Waals surface area contributed by atoms with E-state index < -0.39 is 6.61 Å². The second-order valence-electron chi connectivity index (χ2n) is 7.78. The minimum atomic E-state index is -2.89. The topological polar surface area (TPSA) is 45.4 Å². The fourth-order valence-electron chi connectivity index (χ4n) is 3.44. The van der Waals surface area contributed by atoms with Gasteiger partial charge < -0.3 is 4.74 Å². The van der Waals surface area contributed by atoms with Crippen molar-refractivity contribution in [2.45, 2.75) is 46.6 Å². The van der Waals surface area contributed by atoms with Gasteiger partial charge in [0.1, 0.15) is 16.8 Å². The lowest BCUT2D eigenvalue weighted by Crippen LogP contribution is -2.26. The zero-order valence-corrected chi connectivity index (χ0v) is 16.4. The Kier molecular flexibility index (Phi) is 5.61. The number of aliphatic imine (C=N–C) groups is 1. The second-order valence-corrected chi connectivity index (χ2v) is 8.86. The van der Waals surface area contributed by atoms with Crippen molar-refractivity contribution in [2.24, 2.45) is 16.3 Å². The fourth-order valence-corrected chi connectivity index (χ4v) is 4.66. The third-order valence-electron chi connectivity index (χ3n) is 5.04. The molecule has 3 nitrogen and oxygen atoms in total. The van der Waals surface area contributed by atoms with E-state index in [0.29, 0.717) is 22.0 Å². The molecular weight excluding hydrogens is 366 g/mol. The third kappa shape index (κ3) is 4.36.